The molecule has 2 aromatic carbocycles. The molecule has 1 N–H and O–H groups in total. The molecule has 2 fully saturated rings. The SMILES string of the molecule is Cc1c(Cl)ccc(N2CCN(Cc3cc(F)c(C(=O)NS(=O)(=O)C4CC4)cc3Cl)CC2)c1F. The molecule has 1 heterocycles. The number of carbonyl (C=O) groups is 1. The van der Waals surface area contributed by atoms with Crippen molar-refractivity contribution < 1.29 is 22.0 Å². The van der Waals surface area contributed by atoms with Crippen molar-refractivity contribution >= 4 is 44.8 Å². The Morgan fingerprint density at radius 1 is 1.09 bits per heavy atom. The van der Waals surface area contributed by atoms with E-state index in [-0.39, 0.29) is 10.8 Å². The molecular weight excluding hydrogens is 495 g/mol. The first kappa shape index (κ1) is 24.2. The van der Waals surface area contributed by atoms with E-state index < -0.39 is 32.6 Å². The second-order valence-corrected chi connectivity index (χ2v) is 11.1. The van der Waals surface area contributed by atoms with Crippen LogP contribution in [0.25, 0.3) is 0 Å². The van der Waals surface area contributed by atoms with Gasteiger partial charge in [0.05, 0.1) is 16.5 Å². The van der Waals surface area contributed by atoms with Crippen LogP contribution >= 0.6 is 23.2 Å². The molecule has 33 heavy (non-hydrogen) atoms. The van der Waals surface area contributed by atoms with E-state index in [1.807, 2.05) is 9.62 Å². The molecule has 0 bridgehead atoms. The van der Waals surface area contributed by atoms with E-state index in [9.17, 15) is 22.0 Å². The molecule has 0 atom stereocenters. The van der Waals surface area contributed by atoms with Gasteiger partial charge in [0.2, 0.25) is 10.0 Å². The fourth-order valence-corrected chi connectivity index (χ4v) is 5.47. The van der Waals surface area contributed by atoms with Gasteiger partial charge in [-0.05, 0) is 49.6 Å². The molecule has 0 aromatic heterocycles. The number of nitrogens with one attached hydrogen (secondary N) is 1. The van der Waals surface area contributed by atoms with Crippen LogP contribution in [-0.2, 0) is 16.6 Å². The molecule has 1 amide bonds. The van der Waals surface area contributed by atoms with Gasteiger partial charge in [-0.2, -0.15) is 0 Å². The van der Waals surface area contributed by atoms with Crippen LogP contribution in [0.2, 0.25) is 10.0 Å². The Hall–Kier alpha value is -1.94. The van der Waals surface area contributed by atoms with Crippen molar-refractivity contribution in [1.82, 2.24) is 9.62 Å². The zero-order valence-corrected chi connectivity index (χ0v) is 20.2. The lowest BCUT2D eigenvalue weighted by Crippen LogP contribution is -2.46. The molecule has 1 aliphatic heterocycles. The normalized spacial score (nSPS) is 17.3. The van der Waals surface area contributed by atoms with Gasteiger partial charge in [0.25, 0.3) is 5.91 Å². The highest BCUT2D eigenvalue weighted by Crippen LogP contribution is 2.30. The molecule has 0 unspecified atom stereocenters. The first-order valence-corrected chi connectivity index (χ1v) is 12.8. The molecule has 0 radical (unpaired) electrons. The Bertz CT molecular complexity index is 1200. The van der Waals surface area contributed by atoms with Crippen molar-refractivity contribution in [3.05, 3.63) is 62.6 Å². The van der Waals surface area contributed by atoms with Crippen molar-refractivity contribution in [2.45, 2.75) is 31.6 Å². The van der Waals surface area contributed by atoms with Gasteiger partial charge in [-0.1, -0.05) is 23.2 Å². The van der Waals surface area contributed by atoms with Crippen LogP contribution in [0.1, 0.15) is 34.3 Å². The Kier molecular flexibility index (Phi) is 6.87. The smallest absolute Gasteiger partial charge is 0.267 e. The Morgan fingerprint density at radius 2 is 1.76 bits per heavy atom. The fraction of sp³-hybridized carbons (Fsp3) is 0.409. The maximum absolute atomic E-state index is 14.6. The summed E-state index contributed by atoms with van der Waals surface area (Å²) in [5, 5.41) is -0.0378. The minimum absolute atomic E-state index is 0.173. The summed E-state index contributed by atoms with van der Waals surface area (Å²) in [4.78, 5) is 16.3. The monoisotopic (exact) mass is 517 g/mol. The highest BCUT2D eigenvalue weighted by atomic mass is 35.5. The molecule has 11 heteroatoms. The predicted molar refractivity (Wildman–Crippen MR) is 124 cm³/mol. The van der Waals surface area contributed by atoms with Gasteiger partial charge in [0.1, 0.15) is 5.82 Å². The number of rotatable bonds is 6. The van der Waals surface area contributed by atoms with Crippen molar-refractivity contribution in [3.8, 4) is 0 Å². The molecule has 1 aliphatic carbocycles. The van der Waals surface area contributed by atoms with Crippen LogP contribution in [-0.4, -0.2) is 50.7 Å². The summed E-state index contributed by atoms with van der Waals surface area (Å²) in [5.74, 6) is -2.20. The lowest BCUT2D eigenvalue weighted by atomic mass is 10.1. The van der Waals surface area contributed by atoms with E-state index in [0.29, 0.717) is 67.4 Å². The van der Waals surface area contributed by atoms with Crippen LogP contribution in [0.4, 0.5) is 14.5 Å². The quantitative estimate of drug-likeness (QED) is 0.623. The first-order valence-electron chi connectivity index (χ1n) is 10.5. The van der Waals surface area contributed by atoms with Gasteiger partial charge in [-0.25, -0.2) is 21.9 Å². The summed E-state index contributed by atoms with van der Waals surface area (Å²) in [6, 6.07) is 5.67. The fourth-order valence-electron chi connectivity index (χ4n) is 3.81. The molecule has 178 valence electrons. The van der Waals surface area contributed by atoms with Crippen LogP contribution in [0.3, 0.4) is 0 Å². The standard InChI is InChI=1S/C22H23Cl2F2N3O3S/c1-13-17(23)4-5-20(21(13)26)29-8-6-28(7-9-29)12-14-10-19(25)16(11-18(14)24)22(30)27-33(31,32)15-2-3-15/h4-5,10-11,15H,2-3,6-9,12H2,1H3,(H,27,30). The number of benzene rings is 2. The van der Waals surface area contributed by atoms with Gasteiger partial charge in [0, 0.05) is 48.3 Å². The van der Waals surface area contributed by atoms with E-state index in [1.54, 1.807) is 19.1 Å². The van der Waals surface area contributed by atoms with Crippen LogP contribution in [0, 0.1) is 18.6 Å². The summed E-state index contributed by atoms with van der Waals surface area (Å²) in [7, 11) is -3.79. The highest BCUT2D eigenvalue weighted by molar-refractivity contribution is 7.91. The van der Waals surface area contributed by atoms with Crippen molar-refractivity contribution in [2.75, 3.05) is 31.1 Å². The largest absolute Gasteiger partial charge is 0.367 e. The molecule has 2 aliphatic rings. The molecule has 0 spiro atoms. The Labute approximate surface area is 201 Å². The van der Waals surface area contributed by atoms with E-state index in [4.69, 9.17) is 23.2 Å². The minimum Gasteiger partial charge on any atom is -0.367 e. The third-order valence-corrected chi connectivity index (χ3v) is 8.57. The summed E-state index contributed by atoms with van der Waals surface area (Å²) >= 11 is 12.3. The van der Waals surface area contributed by atoms with Gasteiger partial charge >= 0.3 is 0 Å². The molecular formula is C22H23Cl2F2N3O3S. The minimum atomic E-state index is -3.79. The molecule has 1 saturated carbocycles. The van der Waals surface area contributed by atoms with Crippen molar-refractivity contribution in [3.63, 3.8) is 0 Å². The zero-order valence-electron chi connectivity index (χ0n) is 17.9. The second-order valence-electron chi connectivity index (χ2n) is 8.37. The van der Waals surface area contributed by atoms with Gasteiger partial charge < -0.3 is 4.90 Å². The van der Waals surface area contributed by atoms with Crippen molar-refractivity contribution in [2.24, 2.45) is 0 Å². The summed E-state index contributed by atoms with van der Waals surface area (Å²) in [5.41, 5.74) is 0.981. The first-order chi connectivity index (χ1) is 15.6. The Balaban J connectivity index is 1.40. The average Bonchev–Trinajstić information content (AvgIpc) is 3.61. The van der Waals surface area contributed by atoms with E-state index in [1.165, 1.54) is 0 Å². The number of nitrogens with zero attached hydrogens (tertiary/aromatic N) is 2. The summed E-state index contributed by atoms with van der Waals surface area (Å²) < 4.78 is 55.0. The lowest BCUT2D eigenvalue weighted by molar-refractivity contribution is 0.0977. The number of hydrogen-bond donors (Lipinski definition) is 1. The summed E-state index contributed by atoms with van der Waals surface area (Å²) in [6.45, 7) is 4.31. The number of piperazine rings is 1. The van der Waals surface area contributed by atoms with E-state index >= 15 is 0 Å². The number of amides is 1. The third-order valence-electron chi connectivity index (χ3n) is 5.99. The van der Waals surface area contributed by atoms with Crippen molar-refractivity contribution in [1.29, 1.82) is 0 Å². The highest BCUT2D eigenvalue weighted by Gasteiger charge is 2.37. The topological polar surface area (TPSA) is 69.7 Å². The number of carbonyl (C=O) groups excluding carboxylic acids is 1. The van der Waals surface area contributed by atoms with Crippen LogP contribution in [0.5, 0.6) is 0 Å². The molecule has 4 rings (SSSR count). The van der Waals surface area contributed by atoms with Crippen LogP contribution < -0.4 is 9.62 Å². The lowest BCUT2D eigenvalue weighted by Gasteiger charge is -2.36. The summed E-state index contributed by atoms with van der Waals surface area (Å²) in [6.07, 6.45) is 0.977. The van der Waals surface area contributed by atoms with E-state index in [2.05, 4.69) is 4.90 Å². The Morgan fingerprint density at radius 3 is 2.39 bits per heavy atom. The maximum atomic E-state index is 14.6. The number of sulfonamides is 1. The molecule has 2 aromatic rings. The molecule has 6 nitrogen and oxygen atoms in total. The van der Waals surface area contributed by atoms with E-state index in [0.717, 1.165) is 12.1 Å². The number of anilines is 1. The second kappa shape index (κ2) is 9.37. The molecule has 1 saturated heterocycles. The van der Waals surface area contributed by atoms with Gasteiger partial charge in [-0.15, -0.1) is 0 Å². The predicted octanol–water partition coefficient (Wildman–Crippen LogP) is 4.12. The third kappa shape index (κ3) is 5.26. The van der Waals surface area contributed by atoms with Gasteiger partial charge in [0.15, 0.2) is 5.82 Å². The van der Waals surface area contributed by atoms with Crippen LogP contribution in [0.15, 0.2) is 24.3 Å². The number of halogens is 4. The zero-order chi connectivity index (χ0) is 23.9. The maximum Gasteiger partial charge on any atom is 0.267 e. The average molecular weight is 518 g/mol. The van der Waals surface area contributed by atoms with Gasteiger partial charge in [-0.3, -0.25) is 9.69 Å². The number of hydrogen-bond acceptors (Lipinski definition) is 5.